The Balaban J connectivity index is 1.44. The Morgan fingerprint density at radius 2 is 1.85 bits per heavy atom. The molecule has 3 heterocycles. The molecule has 2 aromatic rings. The Morgan fingerprint density at radius 1 is 1.04 bits per heavy atom. The number of aliphatic imine (C=N–C) groups is 1. The molecular weight excluding hydrogens is 328 g/mol. The van der Waals surface area contributed by atoms with Crippen LogP contribution in [-0.4, -0.2) is 77.4 Å². The second kappa shape index (κ2) is 7.14. The molecule has 0 spiro atoms. The molecule has 1 aromatic heterocycles. The summed E-state index contributed by atoms with van der Waals surface area (Å²) in [7, 11) is 2.17. The van der Waals surface area contributed by atoms with E-state index >= 15 is 0 Å². The monoisotopic (exact) mass is 354 g/mol. The van der Waals surface area contributed by atoms with Crippen molar-refractivity contribution in [3.8, 4) is 0 Å². The fourth-order valence-electron chi connectivity index (χ4n) is 3.34. The predicted octanol–water partition coefficient (Wildman–Crippen LogP) is 0.997. The molecular formula is C18H26N8. The molecule has 4 rings (SSSR count). The topological polar surface area (TPSA) is 71.9 Å². The summed E-state index contributed by atoms with van der Waals surface area (Å²) in [5.74, 6) is 1.31. The molecule has 0 amide bonds. The lowest BCUT2D eigenvalue weighted by atomic mass is 10.1. The number of hydrogen-bond acceptors (Lipinski definition) is 8. The molecule has 8 heteroatoms. The third-order valence-electron chi connectivity index (χ3n) is 4.97. The fourth-order valence-corrected chi connectivity index (χ4v) is 3.34. The van der Waals surface area contributed by atoms with E-state index in [0.29, 0.717) is 12.6 Å². The van der Waals surface area contributed by atoms with E-state index in [1.807, 2.05) is 6.92 Å². The molecule has 1 fully saturated rings. The Labute approximate surface area is 153 Å². The van der Waals surface area contributed by atoms with Crippen LogP contribution in [0, 0.1) is 13.8 Å². The second-order valence-corrected chi connectivity index (χ2v) is 7.02. The number of hydrazine groups is 1. The van der Waals surface area contributed by atoms with Crippen LogP contribution in [0.25, 0.3) is 10.9 Å². The third kappa shape index (κ3) is 3.62. The predicted molar refractivity (Wildman–Crippen MR) is 104 cm³/mol. The summed E-state index contributed by atoms with van der Waals surface area (Å²) in [5, 5.41) is 12.3. The zero-order valence-corrected chi connectivity index (χ0v) is 15.7. The smallest absolute Gasteiger partial charge is 0.230 e. The first-order valence-corrected chi connectivity index (χ1v) is 9.07. The Bertz CT molecular complexity index is 825. The zero-order chi connectivity index (χ0) is 18.1. The van der Waals surface area contributed by atoms with Gasteiger partial charge in [0.25, 0.3) is 0 Å². The van der Waals surface area contributed by atoms with Gasteiger partial charge in [-0.15, -0.1) is 0 Å². The van der Waals surface area contributed by atoms with Crippen LogP contribution in [0.4, 0.5) is 5.95 Å². The molecule has 1 saturated heterocycles. The van der Waals surface area contributed by atoms with Gasteiger partial charge in [-0.05, 0) is 32.5 Å². The van der Waals surface area contributed by atoms with Gasteiger partial charge in [-0.2, -0.15) is 0 Å². The van der Waals surface area contributed by atoms with Crippen molar-refractivity contribution in [1.82, 2.24) is 30.2 Å². The number of benzene rings is 1. The van der Waals surface area contributed by atoms with Crippen molar-refractivity contribution in [3.63, 3.8) is 0 Å². The second-order valence-electron chi connectivity index (χ2n) is 7.02. The number of hydrogen-bond donors (Lipinski definition) is 2. The largest absolute Gasteiger partial charge is 0.342 e. The summed E-state index contributed by atoms with van der Waals surface area (Å²) in [5.41, 5.74) is 3.11. The maximum atomic E-state index is 4.64. The van der Waals surface area contributed by atoms with Crippen LogP contribution >= 0.6 is 0 Å². The summed E-state index contributed by atoms with van der Waals surface area (Å²) in [6.07, 6.45) is 0. The molecule has 0 radical (unpaired) electrons. The molecule has 2 aliphatic heterocycles. The summed E-state index contributed by atoms with van der Waals surface area (Å²) >= 11 is 0. The standard InChI is InChI=1S/C18H26N8/c1-13-4-5-15-14(2)21-18(22-16(15)10-13)23-17-19-11-26(12-20-17)25-8-6-24(3)7-9-25/h4-5,10H,6-9,11-12H2,1-3H3,(H2,19,20,21,22,23). The average molecular weight is 354 g/mol. The van der Waals surface area contributed by atoms with Crippen molar-refractivity contribution in [3.05, 3.63) is 29.5 Å². The van der Waals surface area contributed by atoms with Crippen LogP contribution in [0.1, 0.15) is 11.3 Å². The van der Waals surface area contributed by atoms with Crippen LogP contribution in [0.5, 0.6) is 0 Å². The molecule has 0 aliphatic carbocycles. The van der Waals surface area contributed by atoms with Gasteiger partial charge in [0.15, 0.2) is 0 Å². The minimum atomic E-state index is 0.583. The van der Waals surface area contributed by atoms with Crippen molar-refractivity contribution < 1.29 is 0 Å². The number of likely N-dealkylation sites (N-methyl/N-ethyl adjacent to an activating group) is 1. The summed E-state index contributed by atoms with van der Waals surface area (Å²) in [6, 6.07) is 6.25. The van der Waals surface area contributed by atoms with Crippen LogP contribution in [0.15, 0.2) is 23.2 Å². The Morgan fingerprint density at radius 3 is 2.58 bits per heavy atom. The number of fused-ring (bicyclic) bond motifs is 1. The van der Waals surface area contributed by atoms with E-state index in [-0.39, 0.29) is 0 Å². The maximum absolute atomic E-state index is 4.64. The van der Waals surface area contributed by atoms with Crippen LogP contribution in [0.3, 0.4) is 0 Å². The van der Waals surface area contributed by atoms with Gasteiger partial charge >= 0.3 is 0 Å². The third-order valence-corrected chi connectivity index (χ3v) is 4.97. The highest BCUT2D eigenvalue weighted by Crippen LogP contribution is 2.18. The highest BCUT2D eigenvalue weighted by molar-refractivity contribution is 5.93. The zero-order valence-electron chi connectivity index (χ0n) is 15.7. The highest BCUT2D eigenvalue weighted by atomic mass is 15.7. The molecule has 1 aromatic carbocycles. The van der Waals surface area contributed by atoms with E-state index in [2.05, 4.69) is 72.7 Å². The number of guanidine groups is 1. The van der Waals surface area contributed by atoms with E-state index in [0.717, 1.165) is 55.4 Å². The fraction of sp³-hybridized carbons (Fsp3) is 0.500. The van der Waals surface area contributed by atoms with Crippen molar-refractivity contribution in [1.29, 1.82) is 0 Å². The van der Waals surface area contributed by atoms with Crippen molar-refractivity contribution >= 4 is 22.8 Å². The van der Waals surface area contributed by atoms with Gasteiger partial charge in [-0.3, -0.25) is 5.32 Å². The van der Waals surface area contributed by atoms with Crippen LogP contribution in [-0.2, 0) is 0 Å². The minimum absolute atomic E-state index is 0.583. The average Bonchev–Trinajstić information content (AvgIpc) is 2.63. The number of rotatable bonds is 2. The first-order chi connectivity index (χ1) is 12.6. The number of aryl methyl sites for hydroxylation is 2. The molecule has 2 aliphatic rings. The molecule has 26 heavy (non-hydrogen) atoms. The summed E-state index contributed by atoms with van der Waals surface area (Å²) in [6.45, 7) is 9.74. The Kier molecular flexibility index (Phi) is 4.71. The van der Waals surface area contributed by atoms with Crippen LogP contribution in [0.2, 0.25) is 0 Å². The van der Waals surface area contributed by atoms with E-state index in [1.54, 1.807) is 0 Å². The van der Waals surface area contributed by atoms with E-state index in [4.69, 9.17) is 0 Å². The first kappa shape index (κ1) is 17.1. The van der Waals surface area contributed by atoms with Gasteiger partial charge in [0.2, 0.25) is 11.9 Å². The van der Waals surface area contributed by atoms with Crippen LogP contribution < -0.4 is 10.6 Å². The molecule has 138 valence electrons. The molecule has 0 atom stereocenters. The van der Waals surface area contributed by atoms with Gasteiger partial charge < -0.3 is 10.2 Å². The van der Waals surface area contributed by atoms with Gasteiger partial charge in [-0.1, -0.05) is 12.1 Å². The van der Waals surface area contributed by atoms with Gasteiger partial charge in [0.1, 0.15) is 6.67 Å². The quantitative estimate of drug-likeness (QED) is 0.833. The number of aromatic nitrogens is 2. The van der Waals surface area contributed by atoms with Crippen molar-refractivity contribution in [2.75, 3.05) is 51.9 Å². The Hall–Kier alpha value is -2.29. The van der Waals surface area contributed by atoms with Gasteiger partial charge in [0.05, 0.1) is 17.9 Å². The van der Waals surface area contributed by atoms with E-state index < -0.39 is 0 Å². The number of nitrogens with one attached hydrogen (secondary N) is 2. The van der Waals surface area contributed by atoms with E-state index in [1.165, 1.54) is 5.56 Å². The summed E-state index contributed by atoms with van der Waals surface area (Å²) in [4.78, 5) is 16.2. The van der Waals surface area contributed by atoms with Gasteiger partial charge in [-0.25, -0.2) is 25.0 Å². The van der Waals surface area contributed by atoms with Gasteiger partial charge in [0, 0.05) is 31.6 Å². The lowest BCUT2D eigenvalue weighted by Crippen LogP contribution is -2.58. The van der Waals surface area contributed by atoms with Crippen molar-refractivity contribution in [2.45, 2.75) is 13.8 Å². The maximum Gasteiger partial charge on any atom is 0.230 e. The number of nitrogens with zero attached hydrogens (tertiary/aromatic N) is 6. The molecule has 0 saturated carbocycles. The molecule has 2 N–H and O–H groups in total. The van der Waals surface area contributed by atoms with E-state index in [9.17, 15) is 0 Å². The highest BCUT2D eigenvalue weighted by Gasteiger charge is 2.22. The lowest BCUT2D eigenvalue weighted by Gasteiger charge is -2.40. The number of anilines is 1. The SMILES string of the molecule is Cc1ccc2c(C)nc(NC3=NCN(N4CCN(C)CC4)CN3)nc2c1. The molecule has 8 nitrogen and oxygen atoms in total. The lowest BCUT2D eigenvalue weighted by molar-refractivity contribution is -0.0567. The molecule has 0 unspecified atom stereocenters. The first-order valence-electron chi connectivity index (χ1n) is 9.07. The normalized spacial score (nSPS) is 20.0. The number of piperazine rings is 1. The minimum Gasteiger partial charge on any atom is -0.342 e. The van der Waals surface area contributed by atoms with Crippen molar-refractivity contribution in [2.24, 2.45) is 4.99 Å². The summed E-state index contributed by atoms with van der Waals surface area (Å²) < 4.78 is 0. The molecule has 0 bridgehead atoms.